The van der Waals surface area contributed by atoms with E-state index in [-0.39, 0.29) is 0 Å². The van der Waals surface area contributed by atoms with Gasteiger partial charge >= 0.3 is 0 Å². The van der Waals surface area contributed by atoms with Gasteiger partial charge in [0.2, 0.25) is 10.0 Å². The minimum atomic E-state index is -3.37. The molecule has 0 atom stereocenters. The molecule has 0 aliphatic heterocycles. The van der Waals surface area contributed by atoms with Gasteiger partial charge in [0, 0.05) is 6.54 Å². The third-order valence-electron chi connectivity index (χ3n) is 4.19. The van der Waals surface area contributed by atoms with Crippen LogP contribution in [0.4, 0.5) is 0 Å². The molecule has 1 aromatic rings. The topological polar surface area (TPSA) is 72.2 Å². The third-order valence-corrected chi connectivity index (χ3v) is 5.63. The second-order valence-corrected chi connectivity index (χ2v) is 7.55. The lowest BCUT2D eigenvalue weighted by Crippen LogP contribution is -2.32. The number of benzene rings is 1. The van der Waals surface area contributed by atoms with Crippen LogP contribution in [0.1, 0.15) is 25.7 Å². The average molecular weight is 294 g/mol. The van der Waals surface area contributed by atoms with Crippen molar-refractivity contribution in [2.24, 2.45) is 17.6 Å². The van der Waals surface area contributed by atoms with Crippen LogP contribution in [0, 0.1) is 11.8 Å². The Hall–Kier alpha value is -0.845. The maximum absolute atomic E-state index is 12.2. The van der Waals surface area contributed by atoms with E-state index in [1.807, 2.05) is 20.0 Å². The summed E-state index contributed by atoms with van der Waals surface area (Å²) < 4.78 is 27.1. The van der Waals surface area contributed by atoms with Gasteiger partial charge in [0.1, 0.15) is 7.85 Å². The van der Waals surface area contributed by atoms with Crippen LogP contribution in [-0.2, 0) is 10.0 Å². The van der Waals surface area contributed by atoms with Crippen LogP contribution in [0.3, 0.4) is 0 Å². The summed E-state index contributed by atoms with van der Waals surface area (Å²) in [6, 6.07) is 6.95. The van der Waals surface area contributed by atoms with E-state index in [0.29, 0.717) is 23.3 Å². The van der Waals surface area contributed by atoms with Gasteiger partial charge in [-0.1, -0.05) is 17.6 Å². The average Bonchev–Trinajstić information content (AvgIpc) is 2.46. The highest BCUT2D eigenvalue weighted by Crippen LogP contribution is 2.27. The van der Waals surface area contributed by atoms with E-state index in [4.69, 9.17) is 5.73 Å². The van der Waals surface area contributed by atoms with Gasteiger partial charge in [-0.3, -0.25) is 0 Å². The van der Waals surface area contributed by atoms with E-state index in [9.17, 15) is 8.42 Å². The summed E-state index contributed by atoms with van der Waals surface area (Å²) in [4.78, 5) is 0.346. The number of nitrogens with one attached hydrogen (secondary N) is 1. The monoisotopic (exact) mass is 294 g/mol. The molecule has 1 aromatic carbocycles. The molecule has 0 unspecified atom stereocenters. The molecule has 1 saturated carbocycles. The summed E-state index contributed by atoms with van der Waals surface area (Å²) in [6.45, 7) is 1.29. The Morgan fingerprint density at radius 2 is 1.65 bits per heavy atom. The quantitative estimate of drug-likeness (QED) is 0.750. The SMILES string of the molecule is Bc1ccc(S(=O)(=O)NC[C@H]2CC[C@H](CN)CC2)cc1. The van der Waals surface area contributed by atoms with E-state index in [1.165, 1.54) is 0 Å². The number of hydrogen-bond donors (Lipinski definition) is 2. The summed E-state index contributed by atoms with van der Waals surface area (Å²) >= 11 is 0. The van der Waals surface area contributed by atoms with Crippen molar-refractivity contribution in [2.45, 2.75) is 30.6 Å². The van der Waals surface area contributed by atoms with Gasteiger partial charge in [0.25, 0.3) is 0 Å². The zero-order chi connectivity index (χ0) is 14.6. The standard InChI is InChI=1S/C14H23BN2O2S/c15-13-5-7-14(8-6-13)20(18,19)17-10-12-3-1-11(9-16)2-4-12/h5-8,11-12,17H,1-4,9-10,15-16H2/t11-,12-. The van der Waals surface area contributed by atoms with Crippen molar-refractivity contribution in [1.29, 1.82) is 0 Å². The number of rotatable bonds is 5. The minimum absolute atomic E-state index is 0.346. The predicted molar refractivity (Wildman–Crippen MR) is 84.3 cm³/mol. The fourth-order valence-corrected chi connectivity index (χ4v) is 3.82. The first-order valence-electron chi connectivity index (χ1n) is 7.27. The Morgan fingerprint density at radius 1 is 1.10 bits per heavy atom. The molecule has 4 nitrogen and oxygen atoms in total. The summed E-state index contributed by atoms with van der Waals surface area (Å²) in [6.07, 6.45) is 4.37. The van der Waals surface area contributed by atoms with Crippen LogP contribution in [0.15, 0.2) is 29.2 Å². The number of nitrogens with two attached hydrogens (primary N) is 1. The van der Waals surface area contributed by atoms with E-state index in [0.717, 1.165) is 37.7 Å². The van der Waals surface area contributed by atoms with Crippen LogP contribution in [0.5, 0.6) is 0 Å². The lowest BCUT2D eigenvalue weighted by Gasteiger charge is -2.27. The normalized spacial score (nSPS) is 23.6. The van der Waals surface area contributed by atoms with Gasteiger partial charge in [-0.15, -0.1) is 0 Å². The summed E-state index contributed by atoms with van der Waals surface area (Å²) in [5.41, 5.74) is 6.73. The second-order valence-electron chi connectivity index (χ2n) is 5.79. The molecule has 0 amide bonds. The van der Waals surface area contributed by atoms with Crippen molar-refractivity contribution >= 4 is 23.3 Å². The molecular weight excluding hydrogens is 271 g/mol. The summed E-state index contributed by atoms with van der Waals surface area (Å²) in [5, 5.41) is 0. The van der Waals surface area contributed by atoms with Crippen LogP contribution >= 0.6 is 0 Å². The van der Waals surface area contributed by atoms with Gasteiger partial charge in [-0.2, -0.15) is 0 Å². The second kappa shape index (κ2) is 6.74. The predicted octanol–water partition coefficient (Wildman–Crippen LogP) is -0.0116. The first-order valence-corrected chi connectivity index (χ1v) is 8.76. The van der Waals surface area contributed by atoms with Crippen molar-refractivity contribution in [2.75, 3.05) is 13.1 Å². The van der Waals surface area contributed by atoms with Gasteiger partial charge in [-0.05, 0) is 56.2 Å². The highest BCUT2D eigenvalue weighted by molar-refractivity contribution is 7.89. The number of sulfonamides is 1. The lowest BCUT2D eigenvalue weighted by molar-refractivity contribution is 0.280. The van der Waals surface area contributed by atoms with E-state index in [2.05, 4.69) is 4.72 Å². The fraction of sp³-hybridized carbons (Fsp3) is 0.571. The molecule has 6 heteroatoms. The van der Waals surface area contributed by atoms with Crippen molar-refractivity contribution < 1.29 is 8.42 Å². The molecule has 0 heterocycles. The Morgan fingerprint density at radius 3 is 2.20 bits per heavy atom. The molecule has 0 spiro atoms. The van der Waals surface area contributed by atoms with Gasteiger partial charge < -0.3 is 5.73 Å². The van der Waals surface area contributed by atoms with Gasteiger partial charge in [0.15, 0.2) is 0 Å². The molecule has 110 valence electrons. The maximum atomic E-state index is 12.2. The molecule has 2 rings (SSSR count). The smallest absolute Gasteiger partial charge is 0.240 e. The largest absolute Gasteiger partial charge is 0.330 e. The molecule has 0 bridgehead atoms. The van der Waals surface area contributed by atoms with Crippen LogP contribution < -0.4 is 15.9 Å². The fourth-order valence-electron chi connectivity index (χ4n) is 2.70. The Balaban J connectivity index is 1.88. The zero-order valence-corrected chi connectivity index (χ0v) is 12.8. The zero-order valence-electron chi connectivity index (χ0n) is 12.0. The summed E-state index contributed by atoms with van der Waals surface area (Å²) in [5.74, 6) is 1.07. The maximum Gasteiger partial charge on any atom is 0.240 e. The molecule has 0 saturated heterocycles. The minimum Gasteiger partial charge on any atom is -0.330 e. The van der Waals surface area contributed by atoms with Crippen molar-refractivity contribution in [3.63, 3.8) is 0 Å². The van der Waals surface area contributed by atoms with Crippen molar-refractivity contribution in [3.05, 3.63) is 24.3 Å². The van der Waals surface area contributed by atoms with E-state index >= 15 is 0 Å². The first kappa shape index (κ1) is 15.5. The van der Waals surface area contributed by atoms with E-state index in [1.54, 1.807) is 12.1 Å². The molecule has 0 radical (unpaired) electrons. The van der Waals surface area contributed by atoms with Gasteiger partial charge in [0.05, 0.1) is 4.90 Å². The number of hydrogen-bond acceptors (Lipinski definition) is 3. The highest BCUT2D eigenvalue weighted by Gasteiger charge is 2.22. The Bertz CT molecular complexity index is 523. The molecule has 1 aliphatic rings. The van der Waals surface area contributed by atoms with Crippen molar-refractivity contribution in [1.82, 2.24) is 4.72 Å². The van der Waals surface area contributed by atoms with Crippen molar-refractivity contribution in [3.8, 4) is 0 Å². The molecule has 20 heavy (non-hydrogen) atoms. The molecule has 1 fully saturated rings. The summed E-state index contributed by atoms with van der Waals surface area (Å²) in [7, 11) is -1.43. The highest BCUT2D eigenvalue weighted by atomic mass is 32.2. The van der Waals surface area contributed by atoms with Gasteiger partial charge in [-0.25, -0.2) is 13.1 Å². The Labute approximate surface area is 122 Å². The van der Waals surface area contributed by atoms with Crippen LogP contribution in [0.25, 0.3) is 0 Å². The third kappa shape index (κ3) is 4.07. The van der Waals surface area contributed by atoms with Crippen LogP contribution in [0.2, 0.25) is 0 Å². The molecule has 3 N–H and O–H groups in total. The lowest BCUT2D eigenvalue weighted by atomic mass is 9.82. The molecule has 0 aromatic heterocycles. The molecule has 1 aliphatic carbocycles. The van der Waals surface area contributed by atoms with Crippen LogP contribution in [-0.4, -0.2) is 29.4 Å². The Kier molecular flexibility index (Phi) is 5.24. The molecular formula is C14H23BN2O2S. The first-order chi connectivity index (χ1) is 9.51. The van der Waals surface area contributed by atoms with E-state index < -0.39 is 10.0 Å².